The fourth-order valence-corrected chi connectivity index (χ4v) is 1.44. The average Bonchev–Trinajstić information content (AvgIpc) is 2.38. The molecule has 0 amide bonds. The summed E-state index contributed by atoms with van der Waals surface area (Å²) < 4.78 is 5.15. The molecule has 1 unspecified atom stereocenters. The maximum absolute atomic E-state index is 12.2. The molecule has 1 aromatic carbocycles. The predicted octanol–water partition coefficient (Wildman–Crippen LogP) is 2.77. The number of benzene rings is 1. The number of esters is 1. The maximum atomic E-state index is 12.2. The second-order valence-electron chi connectivity index (χ2n) is 3.90. The lowest BCUT2D eigenvalue weighted by Crippen LogP contribution is -2.39. The van der Waals surface area contributed by atoms with Crippen molar-refractivity contribution >= 4 is 11.8 Å². The van der Waals surface area contributed by atoms with Crippen LogP contribution in [-0.2, 0) is 9.53 Å². The molecule has 1 aromatic rings. The molecule has 90 valence electrons. The maximum Gasteiger partial charge on any atom is 0.331 e. The summed E-state index contributed by atoms with van der Waals surface area (Å²) in [4.78, 5) is 23.5. The molecule has 0 saturated heterocycles. The van der Waals surface area contributed by atoms with Crippen molar-refractivity contribution in [2.45, 2.75) is 25.9 Å². The lowest BCUT2D eigenvalue weighted by atomic mass is 9.92. The van der Waals surface area contributed by atoms with Gasteiger partial charge < -0.3 is 4.74 Å². The molecule has 3 heteroatoms. The highest BCUT2D eigenvalue weighted by molar-refractivity contribution is 6.03. The summed E-state index contributed by atoms with van der Waals surface area (Å²) >= 11 is 0. The van der Waals surface area contributed by atoms with E-state index in [0.29, 0.717) is 12.0 Å². The summed E-state index contributed by atoms with van der Waals surface area (Å²) in [6.07, 6.45) is 1.48. The molecule has 0 aliphatic rings. The Labute approximate surface area is 101 Å². The van der Waals surface area contributed by atoms with Gasteiger partial charge >= 0.3 is 5.97 Å². The molecule has 0 N–H and O–H groups in total. The van der Waals surface area contributed by atoms with E-state index in [-0.39, 0.29) is 5.78 Å². The third kappa shape index (κ3) is 3.03. The highest BCUT2D eigenvalue weighted by Crippen LogP contribution is 2.21. The molecular weight excluding hydrogens is 216 g/mol. The van der Waals surface area contributed by atoms with Gasteiger partial charge in [0.25, 0.3) is 0 Å². The van der Waals surface area contributed by atoms with E-state index in [0.717, 1.165) is 6.08 Å². The van der Waals surface area contributed by atoms with Gasteiger partial charge in [-0.3, -0.25) is 4.79 Å². The van der Waals surface area contributed by atoms with Gasteiger partial charge in [0, 0.05) is 11.6 Å². The molecule has 0 spiro atoms. The molecule has 0 radical (unpaired) electrons. The van der Waals surface area contributed by atoms with Crippen molar-refractivity contribution in [1.29, 1.82) is 0 Å². The molecular formula is C14H16O3. The van der Waals surface area contributed by atoms with Crippen LogP contribution in [0.5, 0.6) is 0 Å². The molecule has 1 atom stereocenters. The monoisotopic (exact) mass is 232 g/mol. The van der Waals surface area contributed by atoms with E-state index in [1.807, 2.05) is 6.07 Å². The summed E-state index contributed by atoms with van der Waals surface area (Å²) in [5.41, 5.74) is -0.596. The van der Waals surface area contributed by atoms with Gasteiger partial charge in [-0.25, -0.2) is 4.79 Å². The van der Waals surface area contributed by atoms with Gasteiger partial charge in [-0.05, 0) is 13.3 Å². The zero-order chi connectivity index (χ0) is 12.9. The Bertz CT molecular complexity index is 422. The third-order valence-electron chi connectivity index (χ3n) is 2.68. The van der Waals surface area contributed by atoms with Crippen LogP contribution in [0.2, 0.25) is 0 Å². The second-order valence-corrected chi connectivity index (χ2v) is 3.90. The van der Waals surface area contributed by atoms with Crippen molar-refractivity contribution in [2.75, 3.05) is 0 Å². The Hall–Kier alpha value is -1.90. The summed E-state index contributed by atoms with van der Waals surface area (Å²) in [7, 11) is 0. The van der Waals surface area contributed by atoms with Gasteiger partial charge in [0.2, 0.25) is 5.78 Å². The minimum atomic E-state index is -1.13. The number of carbonyl (C=O) groups is 2. The Morgan fingerprint density at radius 2 is 1.94 bits per heavy atom. The minimum Gasteiger partial charge on any atom is -0.448 e. The SMILES string of the molecule is C=CC(=O)OC(C)(CC)C(=O)c1ccccc1. The molecule has 0 aliphatic carbocycles. The van der Waals surface area contributed by atoms with Crippen LogP contribution in [0.15, 0.2) is 43.0 Å². The van der Waals surface area contributed by atoms with E-state index in [4.69, 9.17) is 4.74 Å². The summed E-state index contributed by atoms with van der Waals surface area (Å²) in [5, 5.41) is 0. The van der Waals surface area contributed by atoms with Crippen molar-refractivity contribution in [3.05, 3.63) is 48.6 Å². The summed E-state index contributed by atoms with van der Waals surface area (Å²) in [5.74, 6) is -0.783. The highest BCUT2D eigenvalue weighted by Gasteiger charge is 2.35. The van der Waals surface area contributed by atoms with Crippen LogP contribution in [0, 0.1) is 0 Å². The average molecular weight is 232 g/mol. The quantitative estimate of drug-likeness (QED) is 0.445. The topological polar surface area (TPSA) is 43.4 Å². The van der Waals surface area contributed by atoms with Crippen molar-refractivity contribution in [1.82, 2.24) is 0 Å². The Morgan fingerprint density at radius 3 is 2.41 bits per heavy atom. The van der Waals surface area contributed by atoms with Gasteiger partial charge in [-0.2, -0.15) is 0 Å². The lowest BCUT2D eigenvalue weighted by Gasteiger charge is -2.26. The molecule has 0 bridgehead atoms. The number of ketones is 1. The number of ether oxygens (including phenoxy) is 1. The van der Waals surface area contributed by atoms with Crippen LogP contribution in [-0.4, -0.2) is 17.4 Å². The van der Waals surface area contributed by atoms with Gasteiger partial charge in [-0.1, -0.05) is 43.8 Å². The van der Waals surface area contributed by atoms with Gasteiger partial charge in [0.1, 0.15) is 0 Å². The number of hydrogen-bond donors (Lipinski definition) is 0. The minimum absolute atomic E-state index is 0.198. The van der Waals surface area contributed by atoms with E-state index in [2.05, 4.69) is 6.58 Å². The zero-order valence-electron chi connectivity index (χ0n) is 10.1. The van der Waals surface area contributed by atoms with E-state index in [1.54, 1.807) is 38.1 Å². The molecule has 0 heterocycles. The molecule has 3 nitrogen and oxygen atoms in total. The third-order valence-corrected chi connectivity index (χ3v) is 2.68. The fourth-order valence-electron chi connectivity index (χ4n) is 1.44. The van der Waals surface area contributed by atoms with E-state index in [1.165, 1.54) is 0 Å². The molecule has 0 aliphatic heterocycles. The van der Waals surface area contributed by atoms with Crippen molar-refractivity contribution in [2.24, 2.45) is 0 Å². The van der Waals surface area contributed by atoms with Crippen LogP contribution < -0.4 is 0 Å². The summed E-state index contributed by atoms with van der Waals surface area (Å²) in [6, 6.07) is 8.79. The molecule has 0 aromatic heterocycles. The zero-order valence-corrected chi connectivity index (χ0v) is 10.1. The van der Waals surface area contributed by atoms with E-state index < -0.39 is 11.6 Å². The van der Waals surface area contributed by atoms with Crippen LogP contribution >= 0.6 is 0 Å². The van der Waals surface area contributed by atoms with Crippen molar-refractivity contribution in [3.8, 4) is 0 Å². The number of Topliss-reactive ketones (excluding diaryl/α,β-unsaturated/α-hetero) is 1. The smallest absolute Gasteiger partial charge is 0.331 e. The van der Waals surface area contributed by atoms with Gasteiger partial charge in [-0.15, -0.1) is 0 Å². The second kappa shape index (κ2) is 5.43. The van der Waals surface area contributed by atoms with Gasteiger partial charge in [0.05, 0.1) is 0 Å². The van der Waals surface area contributed by atoms with E-state index >= 15 is 0 Å². The van der Waals surface area contributed by atoms with E-state index in [9.17, 15) is 9.59 Å². The standard InChI is InChI=1S/C14H16O3/c1-4-12(15)17-14(3,5-2)13(16)11-9-7-6-8-10-11/h4,6-10H,1,5H2,2-3H3. The van der Waals surface area contributed by atoms with Crippen LogP contribution in [0.3, 0.4) is 0 Å². The van der Waals surface area contributed by atoms with Gasteiger partial charge in [0.15, 0.2) is 5.60 Å². The Balaban J connectivity index is 2.97. The lowest BCUT2D eigenvalue weighted by molar-refractivity contribution is -0.147. The Morgan fingerprint density at radius 1 is 1.35 bits per heavy atom. The van der Waals surface area contributed by atoms with Crippen LogP contribution in [0.1, 0.15) is 30.6 Å². The first kappa shape index (κ1) is 13.2. The number of carbonyl (C=O) groups excluding carboxylic acids is 2. The Kier molecular flexibility index (Phi) is 4.21. The fraction of sp³-hybridized carbons (Fsp3) is 0.286. The largest absolute Gasteiger partial charge is 0.448 e. The van der Waals surface area contributed by atoms with Crippen molar-refractivity contribution < 1.29 is 14.3 Å². The molecule has 17 heavy (non-hydrogen) atoms. The number of hydrogen-bond acceptors (Lipinski definition) is 3. The highest BCUT2D eigenvalue weighted by atomic mass is 16.6. The summed E-state index contributed by atoms with van der Waals surface area (Å²) in [6.45, 7) is 6.74. The molecule has 0 saturated carbocycles. The molecule has 0 fully saturated rings. The van der Waals surface area contributed by atoms with Crippen LogP contribution in [0.25, 0.3) is 0 Å². The first-order valence-electron chi connectivity index (χ1n) is 5.48. The van der Waals surface area contributed by atoms with Crippen molar-refractivity contribution in [3.63, 3.8) is 0 Å². The normalized spacial score (nSPS) is 13.5. The van der Waals surface area contributed by atoms with Crippen LogP contribution in [0.4, 0.5) is 0 Å². The first-order chi connectivity index (χ1) is 8.03. The first-order valence-corrected chi connectivity index (χ1v) is 5.48. The molecule has 1 rings (SSSR count). The number of rotatable bonds is 5. The predicted molar refractivity (Wildman–Crippen MR) is 65.8 cm³/mol.